The molecule has 0 aliphatic heterocycles. The van der Waals surface area contributed by atoms with Crippen LogP contribution in [0.4, 0.5) is 26.3 Å². The summed E-state index contributed by atoms with van der Waals surface area (Å²) in [5.41, 5.74) is -5.09. The van der Waals surface area contributed by atoms with Crippen molar-refractivity contribution in [1.82, 2.24) is 0 Å². The van der Waals surface area contributed by atoms with Crippen LogP contribution in [0.15, 0.2) is 0 Å². The highest BCUT2D eigenvalue weighted by Crippen LogP contribution is 2.44. The minimum Gasteiger partial charge on any atom is -0.433 e. The van der Waals surface area contributed by atoms with Gasteiger partial charge in [0.25, 0.3) is 0 Å². The van der Waals surface area contributed by atoms with E-state index in [1.807, 2.05) is 0 Å². The van der Waals surface area contributed by atoms with Crippen molar-refractivity contribution in [3.63, 3.8) is 0 Å². The average Bonchev–Trinajstić information content (AvgIpc) is 1.94. The maximum absolute atomic E-state index is 12.0. The van der Waals surface area contributed by atoms with Gasteiger partial charge in [0.1, 0.15) is 0 Å². The van der Waals surface area contributed by atoms with Crippen molar-refractivity contribution in [2.24, 2.45) is 0 Å². The summed E-state index contributed by atoms with van der Waals surface area (Å²) >= 11 is 0. The molecule has 0 bridgehead atoms. The Balaban J connectivity index is 5.52. The highest BCUT2D eigenvalue weighted by Gasteiger charge is 2.74. The molecule has 0 heterocycles. The molecule has 0 radical (unpaired) electrons. The zero-order chi connectivity index (χ0) is 12.5. The molecular formula is C6H4F6O3. The van der Waals surface area contributed by atoms with E-state index in [-0.39, 0.29) is 0 Å². The molecule has 9 heteroatoms. The molecule has 0 spiro atoms. The molecule has 0 atom stereocenters. The van der Waals surface area contributed by atoms with Crippen molar-refractivity contribution in [3.8, 4) is 0 Å². The Morgan fingerprint density at radius 2 is 1.40 bits per heavy atom. The summed E-state index contributed by atoms with van der Waals surface area (Å²) in [5.74, 6) is -1.86. The molecule has 88 valence electrons. The summed E-state index contributed by atoms with van der Waals surface area (Å²) in [4.78, 5) is 20.1. The molecule has 0 rings (SSSR count). The van der Waals surface area contributed by atoms with Crippen molar-refractivity contribution in [1.29, 1.82) is 0 Å². The predicted octanol–water partition coefficient (Wildman–Crippen LogP) is 1.61. The van der Waals surface area contributed by atoms with Gasteiger partial charge in [-0.05, 0) is 0 Å². The van der Waals surface area contributed by atoms with Crippen LogP contribution in [0.5, 0.6) is 0 Å². The summed E-state index contributed by atoms with van der Waals surface area (Å²) in [6, 6.07) is 0. The molecule has 0 saturated heterocycles. The molecule has 0 unspecified atom stereocenters. The van der Waals surface area contributed by atoms with Gasteiger partial charge in [-0.2, -0.15) is 26.3 Å². The third-order valence-electron chi connectivity index (χ3n) is 1.31. The van der Waals surface area contributed by atoms with E-state index in [1.165, 1.54) is 0 Å². The quantitative estimate of drug-likeness (QED) is 0.417. The topological polar surface area (TPSA) is 43.4 Å². The van der Waals surface area contributed by atoms with Gasteiger partial charge in [0.05, 0.1) is 0 Å². The van der Waals surface area contributed by atoms with E-state index < -0.39 is 30.2 Å². The number of rotatable bonds is 2. The number of hydrogen-bond acceptors (Lipinski definition) is 3. The number of carbonyl (C=O) groups is 2. The largest absolute Gasteiger partial charge is 0.445 e. The maximum atomic E-state index is 12.0. The zero-order valence-electron chi connectivity index (χ0n) is 7.07. The first-order valence-electron chi connectivity index (χ1n) is 3.27. The van der Waals surface area contributed by atoms with E-state index in [2.05, 4.69) is 4.74 Å². The molecule has 0 aliphatic rings. The molecule has 0 amide bonds. The Kier molecular flexibility index (Phi) is 3.39. The normalized spacial score (nSPS) is 13.5. The van der Waals surface area contributed by atoms with Gasteiger partial charge in [-0.1, -0.05) is 0 Å². The minimum atomic E-state index is -6.06. The fourth-order valence-corrected chi connectivity index (χ4v) is 0.661. The zero-order valence-corrected chi connectivity index (χ0v) is 7.07. The van der Waals surface area contributed by atoms with Gasteiger partial charge in [0.15, 0.2) is 6.29 Å². The van der Waals surface area contributed by atoms with Gasteiger partial charge < -0.3 is 4.74 Å². The number of halogens is 6. The molecule has 0 N–H and O–H groups in total. The van der Waals surface area contributed by atoms with Crippen molar-refractivity contribution in [2.45, 2.75) is 24.9 Å². The predicted molar refractivity (Wildman–Crippen MR) is 32.7 cm³/mol. The average molecular weight is 238 g/mol. The van der Waals surface area contributed by atoms with Crippen LogP contribution in [0, 0.1) is 0 Å². The summed E-state index contributed by atoms with van der Waals surface area (Å²) in [6.45, 7) is 0.329. The Bertz CT molecular complexity index is 251. The van der Waals surface area contributed by atoms with Crippen molar-refractivity contribution < 1.29 is 40.7 Å². The monoisotopic (exact) mass is 238 g/mol. The minimum absolute atomic E-state index is 0.329. The second-order valence-corrected chi connectivity index (χ2v) is 2.44. The van der Waals surface area contributed by atoms with Crippen LogP contribution in [-0.4, -0.2) is 30.2 Å². The van der Waals surface area contributed by atoms with Crippen LogP contribution in [0.1, 0.15) is 6.92 Å². The molecule has 0 saturated carbocycles. The van der Waals surface area contributed by atoms with E-state index in [0.717, 1.165) is 0 Å². The lowest BCUT2D eigenvalue weighted by atomic mass is 10.1. The summed E-state index contributed by atoms with van der Waals surface area (Å²) in [6.07, 6.45) is -13.6. The highest BCUT2D eigenvalue weighted by molar-refractivity contribution is 5.74. The van der Waals surface area contributed by atoms with Crippen molar-refractivity contribution >= 4 is 12.3 Å². The number of hydrogen-bond donors (Lipinski definition) is 0. The van der Waals surface area contributed by atoms with Gasteiger partial charge in [-0.15, -0.1) is 0 Å². The molecule has 0 aromatic rings. The van der Waals surface area contributed by atoms with E-state index in [0.29, 0.717) is 6.92 Å². The maximum Gasteiger partial charge on any atom is 0.445 e. The highest BCUT2D eigenvalue weighted by atomic mass is 19.4. The number of alkyl halides is 6. The number of aldehydes is 1. The van der Waals surface area contributed by atoms with Crippen LogP contribution in [0.2, 0.25) is 0 Å². The van der Waals surface area contributed by atoms with E-state index >= 15 is 0 Å². The third-order valence-corrected chi connectivity index (χ3v) is 1.31. The fourth-order valence-electron chi connectivity index (χ4n) is 0.661. The Morgan fingerprint density at radius 3 is 1.47 bits per heavy atom. The Labute approximate surface area is 79.0 Å². The smallest absolute Gasteiger partial charge is 0.433 e. The van der Waals surface area contributed by atoms with E-state index in [9.17, 15) is 35.9 Å². The van der Waals surface area contributed by atoms with E-state index in [4.69, 9.17) is 0 Å². The lowest BCUT2D eigenvalue weighted by molar-refractivity contribution is -0.347. The molecular weight excluding hydrogens is 234 g/mol. The van der Waals surface area contributed by atoms with Gasteiger partial charge in [-0.3, -0.25) is 9.59 Å². The number of carbonyl (C=O) groups excluding carboxylic acids is 2. The van der Waals surface area contributed by atoms with Crippen LogP contribution in [-0.2, 0) is 14.3 Å². The van der Waals surface area contributed by atoms with Gasteiger partial charge in [-0.25, -0.2) is 0 Å². The fraction of sp³-hybridized carbons (Fsp3) is 0.667. The van der Waals surface area contributed by atoms with Gasteiger partial charge >= 0.3 is 23.9 Å². The van der Waals surface area contributed by atoms with Crippen molar-refractivity contribution in [2.75, 3.05) is 0 Å². The lowest BCUT2D eigenvalue weighted by Crippen LogP contribution is -2.60. The van der Waals surface area contributed by atoms with Crippen LogP contribution >= 0.6 is 0 Å². The second kappa shape index (κ2) is 3.70. The molecule has 15 heavy (non-hydrogen) atoms. The molecule has 0 aliphatic carbocycles. The van der Waals surface area contributed by atoms with Gasteiger partial charge in [0, 0.05) is 6.92 Å². The standard InChI is InChI=1S/C6H4F6O3/c1-3(14)15-4(2-13,5(7,8)9)6(10,11)12/h2H,1H3. The number of esters is 1. The van der Waals surface area contributed by atoms with Crippen LogP contribution in [0.3, 0.4) is 0 Å². The van der Waals surface area contributed by atoms with Gasteiger partial charge in [0.2, 0.25) is 0 Å². The first-order valence-corrected chi connectivity index (χ1v) is 3.27. The molecule has 0 aromatic carbocycles. The SMILES string of the molecule is CC(=O)OC(C=O)(C(F)(F)F)C(F)(F)F. The first kappa shape index (κ1) is 13.7. The number of ether oxygens (including phenoxy) is 1. The molecule has 0 fully saturated rings. The summed E-state index contributed by atoms with van der Waals surface area (Å²) < 4.78 is 75.1. The van der Waals surface area contributed by atoms with Crippen LogP contribution < -0.4 is 0 Å². The third kappa shape index (κ3) is 2.39. The summed E-state index contributed by atoms with van der Waals surface area (Å²) in [7, 11) is 0. The lowest BCUT2D eigenvalue weighted by Gasteiger charge is -2.31. The van der Waals surface area contributed by atoms with Crippen LogP contribution in [0.25, 0.3) is 0 Å². The Hall–Kier alpha value is -1.28. The summed E-state index contributed by atoms with van der Waals surface area (Å²) in [5, 5.41) is 0. The van der Waals surface area contributed by atoms with Crippen molar-refractivity contribution in [3.05, 3.63) is 0 Å². The molecule has 0 aromatic heterocycles. The van der Waals surface area contributed by atoms with E-state index in [1.54, 1.807) is 0 Å². The molecule has 3 nitrogen and oxygen atoms in total. The first-order chi connectivity index (χ1) is 6.48. The second-order valence-electron chi connectivity index (χ2n) is 2.44. The Morgan fingerprint density at radius 1 is 1.07 bits per heavy atom.